The molecule has 27 heavy (non-hydrogen) atoms. The summed E-state index contributed by atoms with van der Waals surface area (Å²) in [6.07, 6.45) is 0.629. The fraction of sp³-hybridized carbons (Fsp3) is 0.278. The molecule has 1 aromatic carbocycles. The molecule has 0 radical (unpaired) electrons. The minimum Gasteiger partial charge on any atom is -0.350 e. The van der Waals surface area contributed by atoms with Gasteiger partial charge in [-0.2, -0.15) is 0 Å². The van der Waals surface area contributed by atoms with Crippen molar-refractivity contribution < 1.29 is 9.18 Å². The lowest BCUT2D eigenvalue weighted by atomic mass is 10.2. The van der Waals surface area contributed by atoms with E-state index in [-0.39, 0.29) is 23.7 Å². The summed E-state index contributed by atoms with van der Waals surface area (Å²) in [6, 6.07) is 5.84. The maximum absolute atomic E-state index is 13.2. The Morgan fingerprint density at radius 3 is 2.74 bits per heavy atom. The zero-order valence-electron chi connectivity index (χ0n) is 14.5. The fourth-order valence-electron chi connectivity index (χ4n) is 2.76. The molecule has 6 nitrogen and oxygen atoms in total. The molecule has 0 saturated heterocycles. The van der Waals surface area contributed by atoms with E-state index in [9.17, 15) is 18.8 Å². The highest BCUT2D eigenvalue weighted by atomic mass is 35.5. The Hall–Kier alpha value is -2.45. The maximum atomic E-state index is 13.2. The third-order valence-electron chi connectivity index (χ3n) is 4.06. The molecule has 0 aliphatic carbocycles. The smallest absolute Gasteiger partial charge is 0.332 e. The van der Waals surface area contributed by atoms with Gasteiger partial charge in [0.05, 0.1) is 10.5 Å². The molecule has 1 N–H and O–H groups in total. The summed E-state index contributed by atoms with van der Waals surface area (Å²) >= 11 is 6.97. The SMILES string of the molecule is CCCn1c(=O)c2sccc2n(CC(=O)NCc2ccc(F)c(Cl)c2)c1=O. The molecule has 9 heteroatoms. The summed E-state index contributed by atoms with van der Waals surface area (Å²) in [5, 5.41) is 4.38. The summed E-state index contributed by atoms with van der Waals surface area (Å²) in [7, 11) is 0. The minimum absolute atomic E-state index is 0.0235. The highest BCUT2D eigenvalue weighted by Crippen LogP contribution is 2.16. The molecular weight excluding hydrogens is 393 g/mol. The number of rotatable bonds is 6. The Morgan fingerprint density at radius 1 is 1.26 bits per heavy atom. The number of carbonyl (C=O) groups excluding carboxylic acids is 1. The van der Waals surface area contributed by atoms with Crippen LogP contribution in [0.1, 0.15) is 18.9 Å². The van der Waals surface area contributed by atoms with Gasteiger partial charge < -0.3 is 5.32 Å². The van der Waals surface area contributed by atoms with Gasteiger partial charge in [0.1, 0.15) is 17.1 Å². The number of carbonyl (C=O) groups is 1. The molecule has 0 atom stereocenters. The van der Waals surface area contributed by atoms with Crippen LogP contribution >= 0.6 is 22.9 Å². The van der Waals surface area contributed by atoms with Gasteiger partial charge in [-0.05, 0) is 35.6 Å². The van der Waals surface area contributed by atoms with Gasteiger partial charge in [-0.25, -0.2) is 9.18 Å². The van der Waals surface area contributed by atoms with Crippen LogP contribution in [0.15, 0.2) is 39.2 Å². The van der Waals surface area contributed by atoms with Gasteiger partial charge in [-0.15, -0.1) is 11.3 Å². The van der Waals surface area contributed by atoms with Gasteiger partial charge in [0.2, 0.25) is 5.91 Å². The van der Waals surface area contributed by atoms with Crippen LogP contribution < -0.4 is 16.6 Å². The molecule has 0 saturated carbocycles. The third-order valence-corrected chi connectivity index (χ3v) is 5.24. The Labute approximate surface area is 162 Å². The number of hydrogen-bond donors (Lipinski definition) is 1. The lowest BCUT2D eigenvalue weighted by Crippen LogP contribution is -2.42. The molecule has 1 amide bonds. The Kier molecular flexibility index (Phi) is 5.76. The number of nitrogens with zero attached hydrogens (tertiary/aromatic N) is 2. The van der Waals surface area contributed by atoms with Gasteiger partial charge in [0, 0.05) is 13.1 Å². The summed E-state index contributed by atoms with van der Waals surface area (Å²) in [5.41, 5.74) is 0.248. The predicted molar refractivity (Wildman–Crippen MR) is 104 cm³/mol. The largest absolute Gasteiger partial charge is 0.350 e. The van der Waals surface area contributed by atoms with Crippen LogP contribution in [0.25, 0.3) is 10.2 Å². The highest BCUT2D eigenvalue weighted by molar-refractivity contribution is 7.17. The fourth-order valence-corrected chi connectivity index (χ4v) is 3.80. The maximum Gasteiger partial charge on any atom is 0.332 e. The number of benzene rings is 1. The van der Waals surface area contributed by atoms with E-state index in [1.807, 2.05) is 6.92 Å². The number of halogens is 2. The van der Waals surface area contributed by atoms with E-state index in [0.29, 0.717) is 28.7 Å². The molecular formula is C18H17ClFN3O3S. The van der Waals surface area contributed by atoms with E-state index < -0.39 is 17.4 Å². The summed E-state index contributed by atoms with van der Waals surface area (Å²) in [4.78, 5) is 37.4. The molecule has 2 aromatic heterocycles. The van der Waals surface area contributed by atoms with E-state index >= 15 is 0 Å². The number of hydrogen-bond acceptors (Lipinski definition) is 4. The lowest BCUT2D eigenvalue weighted by molar-refractivity contribution is -0.121. The molecule has 3 aromatic rings. The van der Waals surface area contributed by atoms with Crippen molar-refractivity contribution >= 4 is 39.1 Å². The van der Waals surface area contributed by atoms with Crippen molar-refractivity contribution in [2.24, 2.45) is 0 Å². The third kappa shape index (κ3) is 3.96. The van der Waals surface area contributed by atoms with Crippen molar-refractivity contribution in [1.82, 2.24) is 14.5 Å². The van der Waals surface area contributed by atoms with E-state index in [0.717, 1.165) is 4.57 Å². The van der Waals surface area contributed by atoms with Gasteiger partial charge in [0.25, 0.3) is 5.56 Å². The van der Waals surface area contributed by atoms with Crippen molar-refractivity contribution in [2.45, 2.75) is 33.0 Å². The van der Waals surface area contributed by atoms with Crippen LogP contribution in [-0.4, -0.2) is 15.0 Å². The minimum atomic E-state index is -0.531. The van der Waals surface area contributed by atoms with Crippen molar-refractivity contribution in [3.63, 3.8) is 0 Å². The van der Waals surface area contributed by atoms with E-state index in [1.165, 1.54) is 34.1 Å². The molecule has 0 bridgehead atoms. The molecule has 0 unspecified atom stereocenters. The lowest BCUT2D eigenvalue weighted by Gasteiger charge is -2.12. The van der Waals surface area contributed by atoms with Crippen LogP contribution in [0, 0.1) is 5.82 Å². The van der Waals surface area contributed by atoms with Gasteiger partial charge in [0.15, 0.2) is 0 Å². The molecule has 3 rings (SSSR count). The Morgan fingerprint density at radius 2 is 2.04 bits per heavy atom. The average Bonchev–Trinajstić information content (AvgIpc) is 3.13. The van der Waals surface area contributed by atoms with Crippen molar-refractivity contribution in [1.29, 1.82) is 0 Å². The van der Waals surface area contributed by atoms with Crippen LogP contribution in [0.4, 0.5) is 4.39 Å². The second-order valence-corrected chi connectivity index (χ2v) is 7.31. The van der Waals surface area contributed by atoms with Gasteiger partial charge >= 0.3 is 5.69 Å². The number of amides is 1. The average molecular weight is 410 g/mol. The van der Waals surface area contributed by atoms with Crippen LogP contribution in [0.3, 0.4) is 0 Å². The van der Waals surface area contributed by atoms with Crippen LogP contribution in [0.2, 0.25) is 5.02 Å². The summed E-state index contributed by atoms with van der Waals surface area (Å²) in [6.45, 7) is 2.09. The molecule has 142 valence electrons. The number of thiophene rings is 1. The second kappa shape index (κ2) is 8.06. The predicted octanol–water partition coefficient (Wildman–Crippen LogP) is 2.74. The van der Waals surface area contributed by atoms with Crippen LogP contribution in [-0.2, 0) is 24.4 Å². The highest BCUT2D eigenvalue weighted by Gasteiger charge is 2.16. The Balaban J connectivity index is 1.84. The second-order valence-electron chi connectivity index (χ2n) is 5.99. The molecule has 0 spiro atoms. The standard InChI is InChI=1S/C18H17ClFN3O3S/c1-2-6-22-17(25)16-14(5-7-27-16)23(18(22)26)10-15(24)21-9-11-3-4-13(20)12(19)8-11/h3-5,7-8H,2,6,9-10H2,1H3,(H,21,24). The number of nitrogens with one attached hydrogen (secondary N) is 1. The van der Waals surface area contributed by atoms with Crippen LogP contribution in [0.5, 0.6) is 0 Å². The first-order valence-electron chi connectivity index (χ1n) is 8.33. The normalized spacial score (nSPS) is 11.1. The first kappa shape index (κ1) is 19.3. The molecule has 0 aliphatic rings. The van der Waals surface area contributed by atoms with Gasteiger partial charge in [-0.1, -0.05) is 24.6 Å². The number of aromatic nitrogens is 2. The monoisotopic (exact) mass is 409 g/mol. The van der Waals surface area contributed by atoms with E-state index in [2.05, 4.69) is 5.32 Å². The zero-order valence-corrected chi connectivity index (χ0v) is 16.1. The molecule has 0 aliphatic heterocycles. The van der Waals surface area contributed by atoms with Gasteiger partial charge in [-0.3, -0.25) is 18.7 Å². The van der Waals surface area contributed by atoms with Crippen molar-refractivity contribution in [2.75, 3.05) is 0 Å². The first-order chi connectivity index (χ1) is 12.9. The van der Waals surface area contributed by atoms with E-state index in [4.69, 9.17) is 11.6 Å². The molecule has 2 heterocycles. The molecule has 0 fully saturated rings. The zero-order chi connectivity index (χ0) is 19.6. The number of fused-ring (bicyclic) bond motifs is 1. The topological polar surface area (TPSA) is 73.1 Å². The first-order valence-corrected chi connectivity index (χ1v) is 9.59. The Bertz CT molecular complexity index is 1120. The summed E-state index contributed by atoms with van der Waals surface area (Å²) in [5.74, 6) is -0.928. The quantitative estimate of drug-likeness (QED) is 0.680. The van der Waals surface area contributed by atoms with Crippen molar-refractivity contribution in [3.05, 3.63) is 66.9 Å². The van der Waals surface area contributed by atoms with E-state index in [1.54, 1.807) is 11.4 Å². The van der Waals surface area contributed by atoms with Crippen molar-refractivity contribution in [3.8, 4) is 0 Å². The summed E-state index contributed by atoms with van der Waals surface area (Å²) < 4.78 is 16.1.